The van der Waals surface area contributed by atoms with E-state index in [1.807, 2.05) is 35.2 Å². The van der Waals surface area contributed by atoms with Gasteiger partial charge in [-0.15, -0.1) is 0 Å². The zero-order chi connectivity index (χ0) is 16.2. The quantitative estimate of drug-likeness (QED) is 0.637. The Morgan fingerprint density at radius 3 is 2.61 bits per heavy atom. The summed E-state index contributed by atoms with van der Waals surface area (Å²) in [5, 5.41) is 0.433. The maximum Gasteiger partial charge on any atom is 0.153 e. The number of nitrogens with zero attached hydrogens (tertiary/aromatic N) is 1. The summed E-state index contributed by atoms with van der Waals surface area (Å²) in [7, 11) is 0. The smallest absolute Gasteiger partial charge is 0.153 e. The van der Waals surface area contributed by atoms with E-state index in [-0.39, 0.29) is 12.2 Å². The van der Waals surface area contributed by atoms with Crippen LogP contribution in [-0.2, 0) is 6.61 Å². The van der Waals surface area contributed by atoms with E-state index in [2.05, 4.69) is 0 Å². The molecule has 0 spiro atoms. The number of carbonyl (C=O) groups is 1. The van der Waals surface area contributed by atoms with Crippen LogP contribution in [0.1, 0.15) is 15.9 Å². The van der Waals surface area contributed by atoms with Crippen molar-refractivity contribution in [3.8, 4) is 11.4 Å². The largest absolute Gasteiger partial charge is 0.487 e. The van der Waals surface area contributed by atoms with E-state index < -0.39 is 5.82 Å². The number of rotatable bonds is 5. The minimum absolute atomic E-state index is 0.00387. The molecule has 0 bridgehead atoms. The van der Waals surface area contributed by atoms with Crippen molar-refractivity contribution in [3.63, 3.8) is 0 Å². The van der Waals surface area contributed by atoms with Gasteiger partial charge in [-0.05, 0) is 36.4 Å². The van der Waals surface area contributed by atoms with Crippen molar-refractivity contribution in [2.24, 2.45) is 0 Å². The fraction of sp³-hybridized carbons (Fsp3) is 0.0556. The van der Waals surface area contributed by atoms with Crippen LogP contribution in [0.5, 0.6) is 5.75 Å². The fourth-order valence-electron chi connectivity index (χ4n) is 2.23. The fourth-order valence-corrected chi connectivity index (χ4v) is 2.46. The third kappa shape index (κ3) is 3.27. The van der Waals surface area contributed by atoms with Crippen LogP contribution < -0.4 is 4.74 Å². The summed E-state index contributed by atoms with van der Waals surface area (Å²) in [4.78, 5) is 10.8. The van der Waals surface area contributed by atoms with Crippen LogP contribution in [0.25, 0.3) is 5.69 Å². The van der Waals surface area contributed by atoms with E-state index in [4.69, 9.17) is 16.3 Å². The third-order valence-corrected chi connectivity index (χ3v) is 3.73. The van der Waals surface area contributed by atoms with Crippen LogP contribution in [0, 0.1) is 5.82 Å². The molecule has 0 aliphatic rings. The lowest BCUT2D eigenvalue weighted by molar-refractivity contribution is 0.111. The lowest BCUT2D eigenvalue weighted by Gasteiger charge is -2.11. The molecule has 0 saturated heterocycles. The predicted molar refractivity (Wildman–Crippen MR) is 86.9 cm³/mol. The van der Waals surface area contributed by atoms with Gasteiger partial charge in [-0.25, -0.2) is 4.39 Å². The van der Waals surface area contributed by atoms with Gasteiger partial charge >= 0.3 is 0 Å². The monoisotopic (exact) mass is 329 g/mol. The summed E-state index contributed by atoms with van der Waals surface area (Å²) < 4.78 is 21.5. The Morgan fingerprint density at radius 2 is 1.91 bits per heavy atom. The maximum absolute atomic E-state index is 14.0. The molecule has 0 saturated carbocycles. The second-order valence-electron chi connectivity index (χ2n) is 4.93. The average Bonchev–Trinajstić information content (AvgIpc) is 3.09. The molecule has 1 aromatic heterocycles. The molecule has 2 aromatic carbocycles. The van der Waals surface area contributed by atoms with Gasteiger partial charge in [0.05, 0.1) is 10.6 Å². The number of carbonyl (C=O) groups excluding carboxylic acids is 1. The Hall–Kier alpha value is -2.59. The summed E-state index contributed by atoms with van der Waals surface area (Å²) in [6.45, 7) is -0.00387. The van der Waals surface area contributed by atoms with Crippen molar-refractivity contribution in [3.05, 3.63) is 82.9 Å². The highest BCUT2D eigenvalue weighted by Crippen LogP contribution is 2.28. The van der Waals surface area contributed by atoms with Gasteiger partial charge in [-0.3, -0.25) is 4.79 Å². The number of hydrogen-bond donors (Lipinski definition) is 0. The Balaban J connectivity index is 1.78. The van der Waals surface area contributed by atoms with Crippen molar-refractivity contribution in [1.29, 1.82) is 0 Å². The molecule has 0 unspecified atom stereocenters. The van der Waals surface area contributed by atoms with E-state index in [1.165, 1.54) is 6.07 Å². The van der Waals surface area contributed by atoms with Gasteiger partial charge in [0.15, 0.2) is 6.29 Å². The molecule has 0 N–H and O–H groups in total. The van der Waals surface area contributed by atoms with Crippen molar-refractivity contribution in [1.82, 2.24) is 4.57 Å². The average molecular weight is 330 g/mol. The van der Waals surface area contributed by atoms with Crippen molar-refractivity contribution in [2.75, 3.05) is 0 Å². The van der Waals surface area contributed by atoms with Crippen LogP contribution in [0.2, 0.25) is 5.02 Å². The highest BCUT2D eigenvalue weighted by atomic mass is 35.5. The van der Waals surface area contributed by atoms with Gasteiger partial charge in [0.2, 0.25) is 0 Å². The molecule has 1 heterocycles. The van der Waals surface area contributed by atoms with Gasteiger partial charge in [0.1, 0.15) is 18.2 Å². The first-order chi connectivity index (χ1) is 11.2. The Bertz CT molecular complexity index is 831. The summed E-state index contributed by atoms with van der Waals surface area (Å²) in [6, 6.07) is 13.8. The minimum Gasteiger partial charge on any atom is -0.487 e. The number of hydrogen-bond acceptors (Lipinski definition) is 2. The predicted octanol–water partition coefficient (Wildman–Crippen LogP) is 4.66. The summed E-state index contributed by atoms with van der Waals surface area (Å²) in [5.41, 5.74) is 1.22. The first kappa shape index (κ1) is 15.3. The van der Waals surface area contributed by atoms with Gasteiger partial charge in [0.25, 0.3) is 0 Å². The molecule has 3 rings (SSSR count). The Morgan fingerprint density at radius 1 is 1.13 bits per heavy atom. The highest BCUT2D eigenvalue weighted by Gasteiger charge is 2.09. The Kier molecular flexibility index (Phi) is 4.44. The first-order valence-electron chi connectivity index (χ1n) is 6.97. The van der Waals surface area contributed by atoms with Crippen LogP contribution in [-0.4, -0.2) is 10.9 Å². The Labute approximate surface area is 137 Å². The van der Waals surface area contributed by atoms with Crippen molar-refractivity contribution in [2.45, 2.75) is 6.61 Å². The van der Waals surface area contributed by atoms with Crippen LogP contribution in [0.15, 0.2) is 60.9 Å². The molecule has 23 heavy (non-hydrogen) atoms. The van der Waals surface area contributed by atoms with Gasteiger partial charge in [0, 0.05) is 23.6 Å². The zero-order valence-corrected chi connectivity index (χ0v) is 12.8. The van der Waals surface area contributed by atoms with Crippen molar-refractivity contribution < 1.29 is 13.9 Å². The molecule has 0 aliphatic heterocycles. The number of aromatic nitrogens is 1. The first-order valence-corrected chi connectivity index (χ1v) is 7.35. The molecule has 0 amide bonds. The van der Waals surface area contributed by atoms with E-state index in [1.54, 1.807) is 24.3 Å². The molecule has 0 atom stereocenters. The van der Waals surface area contributed by atoms with Gasteiger partial charge < -0.3 is 9.30 Å². The van der Waals surface area contributed by atoms with E-state index >= 15 is 0 Å². The topological polar surface area (TPSA) is 31.2 Å². The lowest BCUT2D eigenvalue weighted by Crippen LogP contribution is -2.02. The van der Waals surface area contributed by atoms with E-state index in [0.29, 0.717) is 22.6 Å². The normalized spacial score (nSPS) is 10.5. The third-order valence-electron chi connectivity index (χ3n) is 3.44. The molecule has 0 aliphatic carbocycles. The molecule has 5 heteroatoms. The number of halogens is 2. The molecule has 116 valence electrons. The van der Waals surface area contributed by atoms with E-state index in [9.17, 15) is 9.18 Å². The molecule has 3 nitrogen and oxygen atoms in total. The van der Waals surface area contributed by atoms with Crippen LogP contribution >= 0.6 is 11.6 Å². The summed E-state index contributed by atoms with van der Waals surface area (Å²) in [6.07, 6.45) is 4.30. The number of ether oxygens (including phenoxy) is 1. The van der Waals surface area contributed by atoms with Crippen LogP contribution in [0.4, 0.5) is 4.39 Å². The summed E-state index contributed by atoms with van der Waals surface area (Å²) >= 11 is 6.22. The van der Waals surface area contributed by atoms with Gasteiger partial charge in [-0.2, -0.15) is 0 Å². The zero-order valence-electron chi connectivity index (χ0n) is 12.1. The molecule has 0 fully saturated rings. The second kappa shape index (κ2) is 6.67. The second-order valence-corrected chi connectivity index (χ2v) is 5.34. The molecule has 0 radical (unpaired) electrons. The molecular weight excluding hydrogens is 317 g/mol. The van der Waals surface area contributed by atoms with E-state index in [0.717, 1.165) is 5.69 Å². The standard InChI is InChI=1S/C18H13ClFNO2/c19-16-10-15(21-8-1-2-9-21)6-7-17(16)23-12-14-5-3-4-13(11-22)18(14)20/h1-11H,12H2. The maximum atomic E-state index is 14.0. The highest BCUT2D eigenvalue weighted by molar-refractivity contribution is 6.32. The lowest BCUT2D eigenvalue weighted by atomic mass is 10.1. The van der Waals surface area contributed by atoms with Crippen molar-refractivity contribution >= 4 is 17.9 Å². The summed E-state index contributed by atoms with van der Waals surface area (Å²) in [5.74, 6) is -0.110. The minimum atomic E-state index is -0.567. The number of aldehydes is 1. The SMILES string of the molecule is O=Cc1cccc(COc2ccc(-n3cccc3)cc2Cl)c1F. The van der Waals surface area contributed by atoms with Gasteiger partial charge in [-0.1, -0.05) is 23.7 Å². The number of benzene rings is 2. The van der Waals surface area contributed by atoms with Crippen LogP contribution in [0.3, 0.4) is 0 Å². The molecular formula is C18H13ClFNO2. The molecule has 3 aromatic rings.